The molecule has 0 spiro atoms. The molecule has 0 aliphatic heterocycles. The van der Waals surface area contributed by atoms with Crippen molar-refractivity contribution in [1.82, 2.24) is 31.9 Å². The smallest absolute Gasteiger partial charge is 0.325 e. The average Bonchev–Trinajstić information content (AvgIpc) is 2.94. The van der Waals surface area contributed by atoms with E-state index in [-0.39, 0.29) is 52.4 Å². The Bertz CT molecular complexity index is 1020. The number of ether oxygens (including phenoxy) is 2. The Hall–Kier alpha value is -4.76. The summed E-state index contributed by atoms with van der Waals surface area (Å²) in [4.78, 5) is 92.3. The van der Waals surface area contributed by atoms with Gasteiger partial charge in [0, 0.05) is 37.8 Å². The van der Waals surface area contributed by atoms with Gasteiger partial charge in [0.2, 0.25) is 23.6 Å². The maximum Gasteiger partial charge on any atom is 0.325 e. The zero-order valence-electron chi connectivity index (χ0n) is 24.9. The molecule has 0 saturated heterocycles. The molecule has 0 radical (unpaired) electrons. The SMILES string of the molecule is CC(NC(=O)C(C)NC(=O)CCOCCNC(=O)C#CC(=O)NCCOCCC(=O)NC(C)C(=O)NC(C)C(=O)O)C(=O)O. The van der Waals surface area contributed by atoms with E-state index in [2.05, 4.69) is 43.7 Å². The van der Waals surface area contributed by atoms with Crippen LogP contribution in [0.15, 0.2) is 0 Å². The third kappa shape index (κ3) is 19.4. The largest absolute Gasteiger partial charge is 0.480 e. The summed E-state index contributed by atoms with van der Waals surface area (Å²) >= 11 is 0. The summed E-state index contributed by atoms with van der Waals surface area (Å²) in [5, 5.41) is 31.6. The van der Waals surface area contributed by atoms with Crippen molar-refractivity contribution in [3.8, 4) is 11.8 Å². The minimum Gasteiger partial charge on any atom is -0.480 e. The molecule has 44 heavy (non-hydrogen) atoms. The van der Waals surface area contributed by atoms with Crippen molar-refractivity contribution in [1.29, 1.82) is 0 Å². The monoisotopic (exact) mass is 628 g/mol. The van der Waals surface area contributed by atoms with Gasteiger partial charge in [0.05, 0.1) is 26.4 Å². The first-order chi connectivity index (χ1) is 20.6. The first-order valence-electron chi connectivity index (χ1n) is 13.5. The lowest BCUT2D eigenvalue weighted by Gasteiger charge is -2.16. The van der Waals surface area contributed by atoms with Gasteiger partial charge in [0.15, 0.2) is 0 Å². The number of hydrogen-bond acceptors (Lipinski definition) is 10. The fourth-order valence-corrected chi connectivity index (χ4v) is 2.77. The second kappa shape index (κ2) is 21.9. The number of rotatable bonds is 20. The van der Waals surface area contributed by atoms with Crippen LogP contribution >= 0.6 is 0 Å². The topological polar surface area (TPSA) is 268 Å². The highest BCUT2D eigenvalue weighted by atomic mass is 16.5. The van der Waals surface area contributed by atoms with Gasteiger partial charge in [-0.1, -0.05) is 0 Å². The zero-order valence-corrected chi connectivity index (χ0v) is 24.9. The molecule has 0 aromatic heterocycles. The van der Waals surface area contributed by atoms with Crippen LogP contribution in [0, 0.1) is 11.8 Å². The van der Waals surface area contributed by atoms with Crippen molar-refractivity contribution in [2.24, 2.45) is 0 Å². The highest BCUT2D eigenvalue weighted by Crippen LogP contribution is 1.92. The third-order valence-corrected chi connectivity index (χ3v) is 5.30. The molecule has 4 unspecified atom stereocenters. The molecule has 0 aromatic carbocycles. The summed E-state index contributed by atoms with van der Waals surface area (Å²) in [5.74, 6) is -1.99. The van der Waals surface area contributed by atoms with Gasteiger partial charge in [-0.3, -0.25) is 38.4 Å². The van der Waals surface area contributed by atoms with Crippen LogP contribution in [0.2, 0.25) is 0 Å². The molecule has 0 aromatic rings. The highest BCUT2D eigenvalue weighted by molar-refractivity contribution is 6.02. The van der Waals surface area contributed by atoms with Crippen molar-refractivity contribution in [2.45, 2.75) is 64.7 Å². The lowest BCUT2D eigenvalue weighted by molar-refractivity contribution is -0.142. The molecule has 0 fully saturated rings. The molecule has 4 atom stereocenters. The summed E-state index contributed by atoms with van der Waals surface area (Å²) in [6.07, 6.45) is -0.158. The van der Waals surface area contributed by atoms with Crippen LogP contribution < -0.4 is 31.9 Å². The Morgan fingerprint density at radius 3 is 1.20 bits per heavy atom. The molecule has 8 N–H and O–H groups in total. The summed E-state index contributed by atoms with van der Waals surface area (Å²) in [6.45, 7) is 5.56. The molecule has 0 rings (SSSR count). The fraction of sp³-hybridized carbons (Fsp3) is 0.615. The standard InChI is InChI=1S/C26H40N6O12/c1-15(23(37)31-17(3)25(39)40)29-21(35)7-11-43-13-9-27-19(33)5-6-20(34)28-10-14-44-12-8-22(36)30-16(2)24(38)32-18(4)26(41)42/h15-18H,7-14H2,1-4H3,(H,27,33)(H,28,34)(H,29,35)(H,30,36)(H,31,37)(H,32,38)(H,39,40)(H,41,42). The van der Waals surface area contributed by atoms with Crippen molar-refractivity contribution in [3.63, 3.8) is 0 Å². The Labute approximate surface area is 253 Å². The number of carbonyl (C=O) groups is 8. The number of amides is 6. The minimum atomic E-state index is -1.21. The van der Waals surface area contributed by atoms with Gasteiger partial charge in [0.1, 0.15) is 24.2 Å². The molecule has 0 heterocycles. The molecule has 18 heteroatoms. The summed E-state index contributed by atoms with van der Waals surface area (Å²) in [6, 6.07) is -4.09. The predicted octanol–water partition coefficient (Wildman–Crippen LogP) is -3.78. The molecule has 6 amide bonds. The molecular weight excluding hydrogens is 588 g/mol. The molecule has 0 saturated carbocycles. The van der Waals surface area contributed by atoms with Crippen molar-refractivity contribution < 1.29 is 58.0 Å². The first kappa shape index (κ1) is 39.2. The van der Waals surface area contributed by atoms with Gasteiger partial charge in [0.25, 0.3) is 11.8 Å². The van der Waals surface area contributed by atoms with Gasteiger partial charge in [-0.2, -0.15) is 0 Å². The Morgan fingerprint density at radius 2 is 0.886 bits per heavy atom. The van der Waals surface area contributed by atoms with Crippen LogP contribution in [0.3, 0.4) is 0 Å². The zero-order chi connectivity index (χ0) is 33.7. The number of hydrogen-bond donors (Lipinski definition) is 8. The number of carboxylic acid groups (broad SMARTS) is 2. The molecule has 0 aliphatic rings. The van der Waals surface area contributed by atoms with Gasteiger partial charge in [-0.15, -0.1) is 0 Å². The van der Waals surface area contributed by atoms with E-state index < -0.39 is 71.5 Å². The highest BCUT2D eigenvalue weighted by Gasteiger charge is 2.21. The maximum atomic E-state index is 11.9. The Balaban J connectivity index is 3.95. The van der Waals surface area contributed by atoms with Crippen molar-refractivity contribution in [2.75, 3.05) is 39.5 Å². The van der Waals surface area contributed by atoms with E-state index in [0.717, 1.165) is 0 Å². The van der Waals surface area contributed by atoms with Crippen molar-refractivity contribution >= 4 is 47.4 Å². The van der Waals surface area contributed by atoms with Crippen molar-refractivity contribution in [3.05, 3.63) is 0 Å². The third-order valence-electron chi connectivity index (χ3n) is 5.30. The average molecular weight is 629 g/mol. The molecule has 246 valence electrons. The van der Waals surface area contributed by atoms with Gasteiger partial charge in [-0.25, -0.2) is 0 Å². The quantitative estimate of drug-likeness (QED) is 0.0477. The van der Waals surface area contributed by atoms with Crippen LogP contribution in [-0.4, -0.2) is 121 Å². The van der Waals surface area contributed by atoms with Crippen LogP contribution in [0.25, 0.3) is 0 Å². The summed E-state index contributed by atoms with van der Waals surface area (Å²) < 4.78 is 10.4. The Kier molecular flexibility index (Phi) is 19.5. The number of aliphatic carboxylic acids is 2. The predicted molar refractivity (Wildman–Crippen MR) is 150 cm³/mol. The van der Waals surface area contributed by atoms with E-state index in [1.165, 1.54) is 27.7 Å². The maximum absolute atomic E-state index is 11.9. The number of nitrogens with one attached hydrogen (secondary N) is 6. The summed E-state index contributed by atoms with van der Waals surface area (Å²) in [7, 11) is 0. The molecular formula is C26H40N6O12. The summed E-state index contributed by atoms with van der Waals surface area (Å²) in [5.41, 5.74) is 0. The van der Waals surface area contributed by atoms with E-state index in [1.807, 2.05) is 0 Å². The van der Waals surface area contributed by atoms with E-state index in [9.17, 15) is 38.4 Å². The second-order valence-electron chi connectivity index (χ2n) is 9.20. The molecule has 0 aliphatic carbocycles. The van der Waals surface area contributed by atoms with E-state index in [0.29, 0.717) is 0 Å². The molecule has 18 nitrogen and oxygen atoms in total. The van der Waals surface area contributed by atoms with Crippen LogP contribution in [-0.2, 0) is 47.8 Å². The van der Waals surface area contributed by atoms with E-state index >= 15 is 0 Å². The van der Waals surface area contributed by atoms with E-state index in [1.54, 1.807) is 0 Å². The lowest BCUT2D eigenvalue weighted by atomic mass is 10.2. The second-order valence-corrected chi connectivity index (χ2v) is 9.20. The fourth-order valence-electron chi connectivity index (χ4n) is 2.77. The minimum absolute atomic E-state index is 0.00733. The Morgan fingerprint density at radius 1 is 0.545 bits per heavy atom. The first-order valence-corrected chi connectivity index (χ1v) is 13.5. The van der Waals surface area contributed by atoms with Crippen LogP contribution in [0.5, 0.6) is 0 Å². The van der Waals surface area contributed by atoms with Gasteiger partial charge in [-0.05, 0) is 27.7 Å². The molecule has 0 bridgehead atoms. The normalized spacial score (nSPS) is 12.9. The van der Waals surface area contributed by atoms with E-state index in [4.69, 9.17) is 19.7 Å². The number of carboxylic acids is 2. The number of carbonyl (C=O) groups excluding carboxylic acids is 6. The van der Waals surface area contributed by atoms with Crippen LogP contribution in [0.1, 0.15) is 40.5 Å². The van der Waals surface area contributed by atoms with Crippen LogP contribution in [0.4, 0.5) is 0 Å². The van der Waals surface area contributed by atoms with Gasteiger partial charge >= 0.3 is 11.9 Å². The lowest BCUT2D eigenvalue weighted by Crippen LogP contribution is -2.49. The van der Waals surface area contributed by atoms with Gasteiger partial charge < -0.3 is 51.6 Å².